The Hall–Kier alpha value is -2.57. The van der Waals surface area contributed by atoms with E-state index in [-0.39, 0.29) is 11.5 Å². The van der Waals surface area contributed by atoms with E-state index < -0.39 is 5.82 Å². The molecular weight excluding hydrogens is 299 g/mol. The number of rotatable bonds is 3. The van der Waals surface area contributed by atoms with E-state index >= 15 is 0 Å². The Morgan fingerprint density at radius 1 is 1.35 bits per heavy atom. The Morgan fingerprint density at radius 2 is 2.17 bits per heavy atom. The first-order valence-electron chi connectivity index (χ1n) is 7.55. The predicted octanol–water partition coefficient (Wildman–Crippen LogP) is 1.65. The maximum Gasteiger partial charge on any atom is 0.256 e. The quantitative estimate of drug-likeness (QED) is 0.861. The van der Waals surface area contributed by atoms with Crippen molar-refractivity contribution in [2.24, 2.45) is 0 Å². The number of amides is 1. The number of carbonyl (C=O) groups excluding carboxylic acids is 1. The van der Waals surface area contributed by atoms with Crippen molar-refractivity contribution in [3.8, 4) is 5.88 Å². The Labute approximate surface area is 133 Å². The van der Waals surface area contributed by atoms with Crippen LogP contribution in [0, 0.1) is 5.82 Å². The average Bonchev–Trinajstić information content (AvgIpc) is 2.78. The van der Waals surface area contributed by atoms with Crippen molar-refractivity contribution in [1.82, 2.24) is 19.9 Å². The summed E-state index contributed by atoms with van der Waals surface area (Å²) in [6.07, 6.45) is 5.13. The SMILES string of the molecule is CCOc1ncnc2c1CCN(C(=O)c1ccncc1F)CC2. The molecule has 0 fully saturated rings. The zero-order valence-corrected chi connectivity index (χ0v) is 12.8. The number of nitrogens with zero attached hydrogens (tertiary/aromatic N) is 4. The summed E-state index contributed by atoms with van der Waals surface area (Å²) in [5, 5.41) is 0. The predicted molar refractivity (Wildman–Crippen MR) is 80.7 cm³/mol. The molecule has 7 heteroatoms. The van der Waals surface area contributed by atoms with Crippen molar-refractivity contribution in [2.75, 3.05) is 19.7 Å². The van der Waals surface area contributed by atoms with Crippen LogP contribution >= 0.6 is 0 Å². The zero-order valence-electron chi connectivity index (χ0n) is 12.8. The van der Waals surface area contributed by atoms with Crippen LogP contribution in [0.5, 0.6) is 5.88 Å². The van der Waals surface area contributed by atoms with Crippen molar-refractivity contribution in [3.05, 3.63) is 47.4 Å². The number of hydrogen-bond donors (Lipinski definition) is 0. The van der Waals surface area contributed by atoms with E-state index in [2.05, 4.69) is 15.0 Å². The second-order valence-corrected chi connectivity index (χ2v) is 5.18. The smallest absolute Gasteiger partial charge is 0.256 e. The Bertz CT molecular complexity index is 723. The minimum absolute atomic E-state index is 0.0436. The maximum atomic E-state index is 13.8. The first-order chi connectivity index (χ1) is 11.2. The molecule has 0 atom stereocenters. The van der Waals surface area contributed by atoms with Crippen LogP contribution < -0.4 is 4.74 Å². The second-order valence-electron chi connectivity index (χ2n) is 5.18. The van der Waals surface area contributed by atoms with Gasteiger partial charge in [0.15, 0.2) is 5.82 Å². The molecule has 0 saturated heterocycles. The Balaban J connectivity index is 1.81. The van der Waals surface area contributed by atoms with Crippen molar-refractivity contribution >= 4 is 5.91 Å². The molecule has 0 saturated carbocycles. The van der Waals surface area contributed by atoms with Gasteiger partial charge in [0.05, 0.1) is 24.1 Å². The third-order valence-corrected chi connectivity index (χ3v) is 3.82. The van der Waals surface area contributed by atoms with Crippen molar-refractivity contribution in [3.63, 3.8) is 0 Å². The molecule has 1 aliphatic heterocycles. The summed E-state index contributed by atoms with van der Waals surface area (Å²) in [5.41, 5.74) is 1.86. The van der Waals surface area contributed by atoms with E-state index in [1.165, 1.54) is 18.6 Å². The molecule has 0 aliphatic carbocycles. The molecule has 0 bridgehead atoms. The van der Waals surface area contributed by atoms with E-state index in [0.717, 1.165) is 17.5 Å². The Kier molecular flexibility index (Phi) is 4.45. The van der Waals surface area contributed by atoms with E-state index in [1.54, 1.807) is 4.90 Å². The minimum atomic E-state index is -0.603. The summed E-state index contributed by atoms with van der Waals surface area (Å²) in [6.45, 7) is 3.37. The molecule has 0 spiro atoms. The van der Waals surface area contributed by atoms with Gasteiger partial charge in [0, 0.05) is 31.3 Å². The number of fused-ring (bicyclic) bond motifs is 1. The molecule has 3 rings (SSSR count). The van der Waals surface area contributed by atoms with E-state index in [9.17, 15) is 9.18 Å². The van der Waals surface area contributed by atoms with E-state index in [1.807, 2.05) is 6.92 Å². The molecule has 23 heavy (non-hydrogen) atoms. The molecule has 2 aromatic heterocycles. The maximum absolute atomic E-state index is 13.8. The molecule has 2 aromatic rings. The molecule has 0 radical (unpaired) electrons. The highest BCUT2D eigenvalue weighted by atomic mass is 19.1. The highest BCUT2D eigenvalue weighted by Gasteiger charge is 2.24. The summed E-state index contributed by atoms with van der Waals surface area (Å²) >= 11 is 0. The van der Waals surface area contributed by atoms with E-state index in [4.69, 9.17) is 4.74 Å². The van der Waals surface area contributed by atoms with Crippen molar-refractivity contribution in [1.29, 1.82) is 0 Å². The minimum Gasteiger partial charge on any atom is -0.478 e. The highest BCUT2D eigenvalue weighted by Crippen LogP contribution is 2.23. The largest absolute Gasteiger partial charge is 0.478 e. The van der Waals surface area contributed by atoms with Crippen molar-refractivity contribution in [2.45, 2.75) is 19.8 Å². The number of ether oxygens (including phenoxy) is 1. The number of pyridine rings is 1. The van der Waals surface area contributed by atoms with Crippen LogP contribution in [0.2, 0.25) is 0 Å². The van der Waals surface area contributed by atoms with Gasteiger partial charge in [-0.25, -0.2) is 14.4 Å². The second kappa shape index (κ2) is 6.68. The van der Waals surface area contributed by atoms with Gasteiger partial charge in [-0.05, 0) is 19.4 Å². The molecule has 0 N–H and O–H groups in total. The number of hydrogen-bond acceptors (Lipinski definition) is 5. The van der Waals surface area contributed by atoms with Gasteiger partial charge in [0.1, 0.15) is 6.33 Å². The van der Waals surface area contributed by atoms with Gasteiger partial charge in [-0.3, -0.25) is 9.78 Å². The molecule has 6 nitrogen and oxygen atoms in total. The fraction of sp³-hybridized carbons (Fsp3) is 0.375. The van der Waals surface area contributed by atoms with Crippen LogP contribution in [0.15, 0.2) is 24.8 Å². The number of halogens is 1. The van der Waals surface area contributed by atoms with Gasteiger partial charge in [0.25, 0.3) is 5.91 Å². The van der Waals surface area contributed by atoms with E-state index in [0.29, 0.717) is 38.4 Å². The fourth-order valence-corrected chi connectivity index (χ4v) is 2.68. The number of aromatic nitrogens is 3. The van der Waals surface area contributed by atoms with Gasteiger partial charge in [0.2, 0.25) is 5.88 Å². The fourth-order valence-electron chi connectivity index (χ4n) is 2.68. The van der Waals surface area contributed by atoms with Gasteiger partial charge >= 0.3 is 0 Å². The lowest BCUT2D eigenvalue weighted by Gasteiger charge is -2.20. The molecule has 1 aliphatic rings. The third-order valence-electron chi connectivity index (χ3n) is 3.82. The average molecular weight is 316 g/mol. The molecule has 0 aromatic carbocycles. The summed E-state index contributed by atoms with van der Waals surface area (Å²) < 4.78 is 19.3. The molecule has 3 heterocycles. The van der Waals surface area contributed by atoms with Crippen LogP contribution in [-0.2, 0) is 12.8 Å². The van der Waals surface area contributed by atoms with Crippen molar-refractivity contribution < 1.29 is 13.9 Å². The molecule has 120 valence electrons. The van der Waals surface area contributed by atoms with Gasteiger partial charge in [-0.2, -0.15) is 0 Å². The van der Waals surface area contributed by atoms with Gasteiger partial charge < -0.3 is 9.64 Å². The summed E-state index contributed by atoms with van der Waals surface area (Å²) in [5.74, 6) is -0.362. The summed E-state index contributed by atoms with van der Waals surface area (Å²) in [6, 6.07) is 1.40. The van der Waals surface area contributed by atoms with Crippen LogP contribution in [0.25, 0.3) is 0 Å². The first kappa shape index (κ1) is 15.3. The Morgan fingerprint density at radius 3 is 2.96 bits per heavy atom. The van der Waals surface area contributed by atoms with Crippen LogP contribution in [-0.4, -0.2) is 45.5 Å². The lowest BCUT2D eigenvalue weighted by Crippen LogP contribution is -2.33. The molecule has 1 amide bonds. The first-order valence-corrected chi connectivity index (χ1v) is 7.55. The van der Waals surface area contributed by atoms with Crippen LogP contribution in [0.4, 0.5) is 4.39 Å². The third kappa shape index (κ3) is 3.13. The molecular formula is C16H17FN4O2. The lowest BCUT2D eigenvalue weighted by molar-refractivity contribution is 0.0758. The monoisotopic (exact) mass is 316 g/mol. The normalized spacial score (nSPS) is 14.1. The van der Waals surface area contributed by atoms with Gasteiger partial charge in [-0.15, -0.1) is 0 Å². The van der Waals surface area contributed by atoms with Gasteiger partial charge in [-0.1, -0.05) is 0 Å². The number of carbonyl (C=O) groups is 1. The zero-order chi connectivity index (χ0) is 16.2. The van der Waals surface area contributed by atoms with Crippen LogP contribution in [0.3, 0.4) is 0 Å². The topological polar surface area (TPSA) is 68.2 Å². The molecule has 0 unspecified atom stereocenters. The lowest BCUT2D eigenvalue weighted by atomic mass is 10.1. The summed E-state index contributed by atoms with van der Waals surface area (Å²) in [7, 11) is 0. The highest BCUT2D eigenvalue weighted by molar-refractivity contribution is 5.94. The van der Waals surface area contributed by atoms with Crippen LogP contribution in [0.1, 0.15) is 28.5 Å². The summed E-state index contributed by atoms with van der Waals surface area (Å²) in [4.78, 5) is 26.3. The standard InChI is InChI=1S/C16H17FN4O2/c1-2-23-15-12-4-7-21(8-5-14(12)19-10-20-15)16(22)11-3-6-18-9-13(11)17/h3,6,9-10H,2,4-5,7-8H2,1H3.